The molecule has 0 atom stereocenters. The van der Waals surface area contributed by atoms with Crippen LogP contribution < -0.4 is 10.2 Å². The Kier molecular flexibility index (Phi) is 5.75. The van der Waals surface area contributed by atoms with Crippen molar-refractivity contribution >= 4 is 50.6 Å². The molecule has 0 unspecified atom stereocenters. The summed E-state index contributed by atoms with van der Waals surface area (Å²) in [5.41, 5.74) is 3.87. The van der Waals surface area contributed by atoms with Crippen LogP contribution in [-0.2, 0) is 0 Å². The van der Waals surface area contributed by atoms with Gasteiger partial charge in [-0.1, -0.05) is 34.1 Å². The van der Waals surface area contributed by atoms with Gasteiger partial charge in [0.05, 0.1) is 18.9 Å². The smallest absolute Gasteiger partial charge is 0.275 e. The predicted molar refractivity (Wildman–Crippen MR) is 94.9 cm³/mol. The third-order valence-electron chi connectivity index (χ3n) is 2.68. The number of ether oxygens (including phenoxy) is 1. The summed E-state index contributed by atoms with van der Waals surface area (Å²) in [7, 11) is 1.52. The van der Waals surface area contributed by atoms with Crippen molar-refractivity contribution < 1.29 is 9.53 Å². The number of hydrogen-bond donors (Lipinski definition) is 1. The molecular formula is C15H12BrIN2O2. The Morgan fingerprint density at radius 3 is 2.81 bits per heavy atom. The summed E-state index contributed by atoms with van der Waals surface area (Å²) < 4.78 is 7.03. The summed E-state index contributed by atoms with van der Waals surface area (Å²) in [6, 6.07) is 13.0. The number of hydrazone groups is 1. The average molecular weight is 459 g/mol. The van der Waals surface area contributed by atoms with Crippen molar-refractivity contribution in [2.75, 3.05) is 7.11 Å². The lowest BCUT2D eigenvalue weighted by molar-refractivity contribution is 0.0952. The van der Waals surface area contributed by atoms with Crippen LogP contribution in [0.2, 0.25) is 0 Å². The topological polar surface area (TPSA) is 50.7 Å². The molecule has 0 saturated carbocycles. The highest BCUT2D eigenvalue weighted by Gasteiger charge is 2.11. The molecule has 1 N–H and O–H groups in total. The van der Waals surface area contributed by atoms with Crippen LogP contribution in [0.3, 0.4) is 0 Å². The number of rotatable bonds is 4. The Balaban J connectivity index is 2.12. The van der Waals surface area contributed by atoms with Crippen molar-refractivity contribution in [3.8, 4) is 5.75 Å². The number of methoxy groups -OCH3 is 1. The first-order valence-electron chi connectivity index (χ1n) is 6.03. The van der Waals surface area contributed by atoms with Gasteiger partial charge in [-0.05, 0) is 46.9 Å². The van der Waals surface area contributed by atoms with Gasteiger partial charge in [-0.15, -0.1) is 0 Å². The molecule has 0 heterocycles. The first-order valence-corrected chi connectivity index (χ1v) is 7.90. The van der Waals surface area contributed by atoms with E-state index in [1.165, 1.54) is 7.11 Å². The molecule has 0 aliphatic rings. The quantitative estimate of drug-likeness (QED) is 0.430. The van der Waals surface area contributed by atoms with Crippen LogP contribution >= 0.6 is 38.5 Å². The fraction of sp³-hybridized carbons (Fsp3) is 0.0667. The van der Waals surface area contributed by atoms with E-state index in [1.807, 2.05) is 30.3 Å². The molecule has 0 saturated heterocycles. The van der Waals surface area contributed by atoms with Crippen molar-refractivity contribution in [2.45, 2.75) is 0 Å². The van der Waals surface area contributed by atoms with Crippen LogP contribution in [0.4, 0.5) is 0 Å². The zero-order valence-corrected chi connectivity index (χ0v) is 14.9. The first-order chi connectivity index (χ1) is 10.1. The van der Waals surface area contributed by atoms with Crippen LogP contribution in [0, 0.1) is 3.57 Å². The van der Waals surface area contributed by atoms with Crippen LogP contribution in [0.15, 0.2) is 52.0 Å². The van der Waals surface area contributed by atoms with E-state index in [1.54, 1.807) is 18.3 Å². The van der Waals surface area contributed by atoms with Gasteiger partial charge in [0.25, 0.3) is 5.91 Å². The summed E-state index contributed by atoms with van der Waals surface area (Å²) in [6.45, 7) is 0. The molecule has 108 valence electrons. The SMILES string of the molecule is COc1ccc(Br)cc1C(=O)N/N=C\c1ccccc1I. The number of hydrogen-bond acceptors (Lipinski definition) is 3. The standard InChI is InChI=1S/C15H12BrIN2O2/c1-21-14-7-6-11(16)8-12(14)15(20)19-18-9-10-4-2-3-5-13(10)17/h2-9H,1H3,(H,19,20)/b18-9-. The van der Waals surface area contributed by atoms with Crippen LogP contribution in [-0.4, -0.2) is 19.2 Å². The van der Waals surface area contributed by atoms with Crippen molar-refractivity contribution in [3.63, 3.8) is 0 Å². The van der Waals surface area contributed by atoms with Crippen LogP contribution in [0.5, 0.6) is 5.75 Å². The molecule has 2 rings (SSSR count). The Labute approximate surface area is 144 Å². The third kappa shape index (κ3) is 4.28. The first kappa shape index (κ1) is 16.0. The predicted octanol–water partition coefficient (Wildman–Crippen LogP) is 3.83. The largest absolute Gasteiger partial charge is 0.496 e. The maximum atomic E-state index is 12.1. The number of nitrogens with zero attached hydrogens (tertiary/aromatic N) is 1. The fourth-order valence-electron chi connectivity index (χ4n) is 1.66. The zero-order valence-electron chi connectivity index (χ0n) is 11.1. The molecule has 4 nitrogen and oxygen atoms in total. The van der Waals surface area contributed by atoms with E-state index in [0.29, 0.717) is 11.3 Å². The minimum atomic E-state index is -0.324. The molecule has 2 aromatic rings. The monoisotopic (exact) mass is 458 g/mol. The van der Waals surface area contributed by atoms with Gasteiger partial charge in [-0.3, -0.25) is 4.79 Å². The van der Waals surface area contributed by atoms with Gasteiger partial charge < -0.3 is 4.74 Å². The third-order valence-corrected chi connectivity index (χ3v) is 4.16. The highest BCUT2D eigenvalue weighted by molar-refractivity contribution is 14.1. The molecule has 0 bridgehead atoms. The van der Waals surface area contributed by atoms with Gasteiger partial charge in [-0.25, -0.2) is 5.43 Å². The Morgan fingerprint density at radius 2 is 2.10 bits per heavy atom. The summed E-state index contributed by atoms with van der Waals surface area (Å²) in [5, 5.41) is 3.98. The molecule has 0 spiro atoms. The number of benzene rings is 2. The molecule has 21 heavy (non-hydrogen) atoms. The van der Waals surface area contributed by atoms with E-state index < -0.39 is 0 Å². The minimum absolute atomic E-state index is 0.324. The second kappa shape index (κ2) is 7.56. The Bertz CT molecular complexity index is 689. The van der Waals surface area contributed by atoms with Gasteiger partial charge in [-0.2, -0.15) is 5.10 Å². The van der Waals surface area contributed by atoms with E-state index in [2.05, 4.69) is 49.0 Å². The van der Waals surface area contributed by atoms with Crippen LogP contribution in [0.1, 0.15) is 15.9 Å². The van der Waals surface area contributed by atoms with Gasteiger partial charge in [0.15, 0.2) is 0 Å². The lowest BCUT2D eigenvalue weighted by atomic mass is 10.2. The second-order valence-corrected chi connectivity index (χ2v) is 6.14. The van der Waals surface area contributed by atoms with Crippen molar-refractivity contribution in [1.29, 1.82) is 0 Å². The van der Waals surface area contributed by atoms with Crippen molar-refractivity contribution in [2.24, 2.45) is 5.10 Å². The van der Waals surface area contributed by atoms with Gasteiger partial charge >= 0.3 is 0 Å². The van der Waals surface area contributed by atoms with Crippen molar-refractivity contribution in [1.82, 2.24) is 5.43 Å². The Morgan fingerprint density at radius 1 is 1.33 bits per heavy atom. The molecule has 2 aromatic carbocycles. The van der Waals surface area contributed by atoms with E-state index in [9.17, 15) is 4.79 Å². The maximum Gasteiger partial charge on any atom is 0.275 e. The molecule has 1 amide bonds. The zero-order chi connectivity index (χ0) is 15.2. The fourth-order valence-corrected chi connectivity index (χ4v) is 2.55. The summed E-state index contributed by atoms with van der Waals surface area (Å²) in [5.74, 6) is 0.176. The lowest BCUT2D eigenvalue weighted by Crippen LogP contribution is -2.18. The molecule has 6 heteroatoms. The highest BCUT2D eigenvalue weighted by Crippen LogP contribution is 2.22. The molecule has 0 aromatic heterocycles. The van der Waals surface area contributed by atoms with Gasteiger partial charge in [0, 0.05) is 13.6 Å². The highest BCUT2D eigenvalue weighted by atomic mass is 127. The summed E-state index contributed by atoms with van der Waals surface area (Å²) in [6.07, 6.45) is 1.62. The molecule has 0 fully saturated rings. The molecule has 0 radical (unpaired) electrons. The van der Waals surface area contributed by atoms with E-state index >= 15 is 0 Å². The van der Waals surface area contributed by atoms with E-state index in [0.717, 1.165) is 13.6 Å². The minimum Gasteiger partial charge on any atom is -0.496 e. The molecule has 0 aliphatic heterocycles. The number of halogens is 2. The maximum absolute atomic E-state index is 12.1. The summed E-state index contributed by atoms with van der Waals surface area (Å²) in [4.78, 5) is 12.1. The molecule has 0 aliphatic carbocycles. The Hall–Kier alpha value is -1.41. The number of nitrogens with one attached hydrogen (secondary N) is 1. The number of carbonyl (C=O) groups excluding carboxylic acids is 1. The van der Waals surface area contributed by atoms with E-state index in [4.69, 9.17) is 4.74 Å². The summed E-state index contributed by atoms with van der Waals surface area (Å²) >= 11 is 5.55. The molecular weight excluding hydrogens is 447 g/mol. The van der Waals surface area contributed by atoms with Crippen molar-refractivity contribution in [3.05, 3.63) is 61.6 Å². The normalized spacial score (nSPS) is 10.6. The van der Waals surface area contributed by atoms with Gasteiger partial charge in [0.2, 0.25) is 0 Å². The van der Waals surface area contributed by atoms with Crippen LogP contribution in [0.25, 0.3) is 0 Å². The van der Waals surface area contributed by atoms with E-state index in [-0.39, 0.29) is 5.91 Å². The average Bonchev–Trinajstić information content (AvgIpc) is 2.49. The lowest BCUT2D eigenvalue weighted by Gasteiger charge is -2.07. The number of carbonyl (C=O) groups is 1. The second-order valence-electron chi connectivity index (χ2n) is 4.07. The number of amides is 1. The van der Waals surface area contributed by atoms with Gasteiger partial charge in [0.1, 0.15) is 5.75 Å².